The Morgan fingerprint density at radius 1 is 1.17 bits per heavy atom. The van der Waals surface area contributed by atoms with E-state index in [4.69, 9.17) is 0 Å². The predicted molar refractivity (Wildman–Crippen MR) is 86.3 cm³/mol. The summed E-state index contributed by atoms with van der Waals surface area (Å²) in [7, 11) is 0. The van der Waals surface area contributed by atoms with Crippen LogP contribution in [0.3, 0.4) is 0 Å². The third kappa shape index (κ3) is 2.78. The molecule has 2 aromatic heterocycles. The second kappa shape index (κ2) is 5.77. The van der Waals surface area contributed by atoms with E-state index in [1.807, 2.05) is 18.2 Å². The molecule has 116 valence electrons. The summed E-state index contributed by atoms with van der Waals surface area (Å²) in [5.74, 6) is 0.168. The lowest BCUT2D eigenvalue weighted by Crippen LogP contribution is -2.12. The van der Waals surface area contributed by atoms with Crippen LogP contribution in [0.4, 0.5) is 5.69 Å². The second-order valence-corrected chi connectivity index (χ2v) is 5.61. The Hall–Kier alpha value is -2.80. The lowest BCUT2D eigenvalue weighted by molar-refractivity contribution is 0.102. The largest absolute Gasteiger partial charge is 0.321 e. The summed E-state index contributed by atoms with van der Waals surface area (Å²) in [4.78, 5) is 20.8. The molecular formula is C16H16N6O. The van der Waals surface area contributed by atoms with Crippen molar-refractivity contribution in [3.8, 4) is 0 Å². The van der Waals surface area contributed by atoms with Crippen molar-refractivity contribution in [3.05, 3.63) is 48.0 Å². The molecule has 23 heavy (non-hydrogen) atoms. The highest BCUT2D eigenvalue weighted by Crippen LogP contribution is 2.21. The second-order valence-electron chi connectivity index (χ2n) is 5.61. The van der Waals surface area contributed by atoms with E-state index in [1.54, 1.807) is 18.5 Å². The maximum atomic E-state index is 12.3. The SMILES string of the molecule is O=C(Nc1ccc2nccnc2c1)c1cc(C2CCNC2)[nH]n1. The van der Waals surface area contributed by atoms with Crippen LogP contribution in [0.5, 0.6) is 0 Å². The summed E-state index contributed by atoms with van der Waals surface area (Å²) >= 11 is 0. The van der Waals surface area contributed by atoms with Gasteiger partial charge in [0.15, 0.2) is 5.69 Å². The Morgan fingerprint density at radius 2 is 2.04 bits per heavy atom. The molecule has 0 bridgehead atoms. The van der Waals surface area contributed by atoms with Gasteiger partial charge in [-0.15, -0.1) is 0 Å². The van der Waals surface area contributed by atoms with Crippen LogP contribution >= 0.6 is 0 Å². The van der Waals surface area contributed by atoms with Gasteiger partial charge >= 0.3 is 0 Å². The van der Waals surface area contributed by atoms with Crippen molar-refractivity contribution in [1.82, 2.24) is 25.5 Å². The van der Waals surface area contributed by atoms with Gasteiger partial charge in [0, 0.05) is 36.2 Å². The topological polar surface area (TPSA) is 95.6 Å². The van der Waals surface area contributed by atoms with E-state index >= 15 is 0 Å². The Morgan fingerprint density at radius 3 is 2.87 bits per heavy atom. The summed E-state index contributed by atoms with van der Waals surface area (Å²) in [6.07, 6.45) is 4.33. The first kappa shape index (κ1) is 13.8. The number of nitrogens with zero attached hydrogens (tertiary/aromatic N) is 3. The fourth-order valence-corrected chi connectivity index (χ4v) is 2.82. The zero-order chi connectivity index (χ0) is 15.6. The molecule has 0 aliphatic carbocycles. The van der Waals surface area contributed by atoms with E-state index in [-0.39, 0.29) is 5.91 Å². The van der Waals surface area contributed by atoms with E-state index < -0.39 is 0 Å². The smallest absolute Gasteiger partial charge is 0.276 e. The van der Waals surface area contributed by atoms with Crippen molar-refractivity contribution in [2.45, 2.75) is 12.3 Å². The fourth-order valence-electron chi connectivity index (χ4n) is 2.82. The molecule has 1 atom stereocenters. The molecule has 1 saturated heterocycles. The van der Waals surface area contributed by atoms with E-state index in [1.165, 1.54) is 0 Å². The maximum Gasteiger partial charge on any atom is 0.276 e. The molecule has 3 N–H and O–H groups in total. The highest BCUT2D eigenvalue weighted by atomic mass is 16.1. The summed E-state index contributed by atoms with van der Waals surface area (Å²) in [5.41, 5.74) is 3.61. The molecule has 0 saturated carbocycles. The number of amides is 1. The van der Waals surface area contributed by atoms with Gasteiger partial charge in [-0.3, -0.25) is 19.9 Å². The van der Waals surface area contributed by atoms with Crippen LogP contribution in [0, 0.1) is 0 Å². The van der Waals surface area contributed by atoms with Gasteiger partial charge in [-0.05, 0) is 37.2 Å². The van der Waals surface area contributed by atoms with Crippen LogP contribution in [0.1, 0.15) is 28.5 Å². The number of nitrogens with one attached hydrogen (secondary N) is 3. The lowest BCUT2D eigenvalue weighted by atomic mass is 10.1. The Kier molecular flexibility index (Phi) is 3.47. The third-order valence-corrected chi connectivity index (χ3v) is 4.06. The molecule has 7 nitrogen and oxygen atoms in total. The number of fused-ring (bicyclic) bond motifs is 1. The number of rotatable bonds is 3. The Labute approximate surface area is 132 Å². The molecule has 4 rings (SSSR count). The summed E-state index contributed by atoms with van der Waals surface area (Å²) in [6, 6.07) is 7.27. The highest BCUT2D eigenvalue weighted by Gasteiger charge is 2.20. The van der Waals surface area contributed by atoms with E-state index in [9.17, 15) is 4.79 Å². The first-order chi connectivity index (χ1) is 11.3. The fraction of sp³-hybridized carbons (Fsp3) is 0.250. The van der Waals surface area contributed by atoms with Crippen LogP contribution in [-0.2, 0) is 0 Å². The normalized spacial score (nSPS) is 17.5. The summed E-state index contributed by atoms with van der Waals surface area (Å²) < 4.78 is 0. The van der Waals surface area contributed by atoms with Crippen molar-refractivity contribution >= 4 is 22.6 Å². The van der Waals surface area contributed by atoms with Crippen molar-refractivity contribution in [2.75, 3.05) is 18.4 Å². The van der Waals surface area contributed by atoms with Gasteiger partial charge in [-0.1, -0.05) is 0 Å². The number of hydrogen-bond acceptors (Lipinski definition) is 5. The molecule has 7 heteroatoms. The summed E-state index contributed by atoms with van der Waals surface area (Å²) in [6.45, 7) is 1.93. The van der Waals surface area contributed by atoms with Gasteiger partial charge in [0.2, 0.25) is 0 Å². The molecule has 1 aliphatic heterocycles. The number of H-pyrrole nitrogens is 1. The quantitative estimate of drug-likeness (QED) is 0.684. The van der Waals surface area contributed by atoms with Gasteiger partial charge in [0.1, 0.15) is 0 Å². The van der Waals surface area contributed by atoms with Gasteiger partial charge in [-0.2, -0.15) is 5.10 Å². The molecule has 3 aromatic rings. The summed E-state index contributed by atoms with van der Waals surface area (Å²) in [5, 5.41) is 13.3. The third-order valence-electron chi connectivity index (χ3n) is 4.06. The molecule has 1 unspecified atom stereocenters. The number of aromatic nitrogens is 4. The number of benzene rings is 1. The van der Waals surface area contributed by atoms with Gasteiger partial charge in [-0.25, -0.2) is 0 Å². The van der Waals surface area contributed by atoms with E-state index in [2.05, 4.69) is 30.8 Å². The number of hydrogen-bond donors (Lipinski definition) is 3. The van der Waals surface area contributed by atoms with Crippen molar-refractivity contribution in [3.63, 3.8) is 0 Å². The molecule has 3 heterocycles. The first-order valence-electron chi connectivity index (χ1n) is 7.58. The van der Waals surface area contributed by atoms with Crippen LogP contribution in [-0.4, -0.2) is 39.2 Å². The monoisotopic (exact) mass is 308 g/mol. The molecule has 1 aliphatic rings. The van der Waals surface area contributed by atoms with Gasteiger partial charge in [0.25, 0.3) is 5.91 Å². The van der Waals surface area contributed by atoms with Crippen LogP contribution < -0.4 is 10.6 Å². The molecular weight excluding hydrogens is 292 g/mol. The van der Waals surface area contributed by atoms with E-state index in [0.717, 1.165) is 36.2 Å². The maximum absolute atomic E-state index is 12.3. The number of aromatic amines is 1. The lowest BCUT2D eigenvalue weighted by Gasteiger charge is -2.04. The standard InChI is InChI=1S/C16H16N6O/c23-16(15-8-13(21-22-15)10-3-4-17-9-10)20-11-1-2-12-14(7-11)19-6-5-18-12/h1-2,5-8,10,17H,3-4,9H2,(H,20,23)(H,21,22). The van der Waals surface area contributed by atoms with Crippen molar-refractivity contribution in [2.24, 2.45) is 0 Å². The minimum atomic E-state index is -0.235. The van der Waals surface area contributed by atoms with Crippen LogP contribution in [0.2, 0.25) is 0 Å². The minimum Gasteiger partial charge on any atom is -0.321 e. The number of carbonyl (C=O) groups is 1. The van der Waals surface area contributed by atoms with Crippen LogP contribution in [0.15, 0.2) is 36.7 Å². The average molecular weight is 308 g/mol. The zero-order valence-corrected chi connectivity index (χ0v) is 12.4. The van der Waals surface area contributed by atoms with E-state index in [0.29, 0.717) is 17.3 Å². The Bertz CT molecular complexity index is 852. The molecule has 1 fully saturated rings. The number of carbonyl (C=O) groups excluding carboxylic acids is 1. The molecule has 1 aromatic carbocycles. The van der Waals surface area contributed by atoms with Crippen molar-refractivity contribution < 1.29 is 4.79 Å². The molecule has 0 spiro atoms. The van der Waals surface area contributed by atoms with Gasteiger partial charge in [0.05, 0.1) is 11.0 Å². The zero-order valence-electron chi connectivity index (χ0n) is 12.4. The molecule has 1 amide bonds. The highest BCUT2D eigenvalue weighted by molar-refractivity contribution is 6.03. The number of anilines is 1. The first-order valence-corrected chi connectivity index (χ1v) is 7.58. The minimum absolute atomic E-state index is 0.235. The Balaban J connectivity index is 1.52. The average Bonchev–Trinajstić information content (AvgIpc) is 3.26. The van der Waals surface area contributed by atoms with Gasteiger partial charge < -0.3 is 10.6 Å². The predicted octanol–water partition coefficient (Wildman–Crippen LogP) is 1.68. The molecule has 0 radical (unpaired) electrons. The van der Waals surface area contributed by atoms with Crippen molar-refractivity contribution in [1.29, 1.82) is 0 Å². The van der Waals surface area contributed by atoms with Crippen LogP contribution in [0.25, 0.3) is 11.0 Å².